The average molecular weight is 377 g/mol. The van der Waals surface area contributed by atoms with Crippen LogP contribution in [0.15, 0.2) is 66.7 Å². The van der Waals surface area contributed by atoms with Crippen molar-refractivity contribution in [3.63, 3.8) is 0 Å². The van der Waals surface area contributed by atoms with Gasteiger partial charge >= 0.3 is 0 Å². The molecule has 0 bridgehead atoms. The first-order valence-electron chi connectivity index (χ1n) is 8.93. The third kappa shape index (κ3) is 4.82. The lowest BCUT2D eigenvalue weighted by molar-refractivity contribution is -0.115. The molecule has 0 fully saturated rings. The molecule has 1 amide bonds. The summed E-state index contributed by atoms with van der Waals surface area (Å²) in [6.07, 6.45) is 0.173. The zero-order valence-electron chi connectivity index (χ0n) is 16.2. The molecule has 0 atom stereocenters. The molecule has 0 unspecified atom stereocenters. The standard InChI is InChI=1S/C23H23NO4/c1-16-8-11-18(12-9-16)28-21-7-5-4-6-20(21)24-23(25)14-17-10-13-19(26-2)15-22(17)27-3/h4-13,15H,14H2,1-3H3,(H,24,25). The van der Waals surface area contributed by atoms with Crippen LogP contribution in [0.1, 0.15) is 11.1 Å². The molecular weight excluding hydrogens is 354 g/mol. The topological polar surface area (TPSA) is 56.8 Å². The van der Waals surface area contributed by atoms with Crippen molar-refractivity contribution in [3.05, 3.63) is 77.9 Å². The third-order valence-corrected chi connectivity index (χ3v) is 4.26. The summed E-state index contributed by atoms with van der Waals surface area (Å²) in [4.78, 5) is 12.6. The molecule has 144 valence electrons. The van der Waals surface area contributed by atoms with E-state index in [2.05, 4.69) is 5.32 Å². The number of carbonyl (C=O) groups excluding carboxylic acids is 1. The molecule has 0 aliphatic carbocycles. The van der Waals surface area contributed by atoms with Crippen LogP contribution in [0.5, 0.6) is 23.0 Å². The first kappa shape index (κ1) is 19.3. The SMILES string of the molecule is COc1ccc(CC(=O)Nc2ccccc2Oc2ccc(C)cc2)c(OC)c1. The second-order valence-electron chi connectivity index (χ2n) is 6.31. The zero-order chi connectivity index (χ0) is 19.9. The summed E-state index contributed by atoms with van der Waals surface area (Å²) in [6, 6.07) is 20.5. The van der Waals surface area contributed by atoms with Crippen LogP contribution in [-0.2, 0) is 11.2 Å². The molecule has 28 heavy (non-hydrogen) atoms. The molecular formula is C23H23NO4. The van der Waals surface area contributed by atoms with E-state index < -0.39 is 0 Å². The first-order valence-corrected chi connectivity index (χ1v) is 8.93. The Morgan fingerprint density at radius 2 is 1.57 bits per heavy atom. The van der Waals surface area contributed by atoms with E-state index >= 15 is 0 Å². The predicted octanol–water partition coefficient (Wildman–Crippen LogP) is 4.99. The Labute approximate surface area is 164 Å². The maximum atomic E-state index is 12.6. The molecule has 5 nitrogen and oxygen atoms in total. The summed E-state index contributed by atoms with van der Waals surface area (Å²) in [7, 11) is 3.16. The molecule has 3 rings (SSSR count). The molecule has 0 aliphatic rings. The van der Waals surface area contributed by atoms with Crippen molar-refractivity contribution < 1.29 is 19.0 Å². The van der Waals surface area contributed by atoms with Gasteiger partial charge < -0.3 is 19.5 Å². The maximum absolute atomic E-state index is 12.6. The quantitative estimate of drug-likeness (QED) is 0.630. The van der Waals surface area contributed by atoms with Gasteiger partial charge in [0, 0.05) is 11.6 Å². The summed E-state index contributed by atoms with van der Waals surface area (Å²) >= 11 is 0. The third-order valence-electron chi connectivity index (χ3n) is 4.26. The highest BCUT2D eigenvalue weighted by molar-refractivity contribution is 5.94. The Morgan fingerprint density at radius 1 is 0.857 bits per heavy atom. The number of carbonyl (C=O) groups is 1. The van der Waals surface area contributed by atoms with Gasteiger partial charge in [-0.05, 0) is 37.3 Å². The van der Waals surface area contributed by atoms with Crippen molar-refractivity contribution in [1.29, 1.82) is 0 Å². The fourth-order valence-electron chi connectivity index (χ4n) is 2.76. The van der Waals surface area contributed by atoms with Crippen LogP contribution in [-0.4, -0.2) is 20.1 Å². The largest absolute Gasteiger partial charge is 0.497 e. The summed E-state index contributed by atoms with van der Waals surface area (Å²) in [5, 5.41) is 2.92. The minimum atomic E-state index is -0.163. The van der Waals surface area contributed by atoms with Crippen LogP contribution < -0.4 is 19.5 Å². The van der Waals surface area contributed by atoms with E-state index in [1.807, 2.05) is 61.5 Å². The Morgan fingerprint density at radius 3 is 2.29 bits per heavy atom. The number of ether oxygens (including phenoxy) is 3. The van der Waals surface area contributed by atoms with Crippen LogP contribution >= 0.6 is 0 Å². The van der Waals surface area contributed by atoms with Gasteiger partial charge in [-0.25, -0.2) is 0 Å². The molecule has 0 radical (unpaired) electrons. The molecule has 5 heteroatoms. The fraction of sp³-hybridized carbons (Fsp3) is 0.174. The number of hydrogen-bond donors (Lipinski definition) is 1. The number of para-hydroxylation sites is 2. The highest BCUT2D eigenvalue weighted by Gasteiger charge is 2.13. The minimum Gasteiger partial charge on any atom is -0.497 e. The number of benzene rings is 3. The minimum absolute atomic E-state index is 0.163. The highest BCUT2D eigenvalue weighted by Crippen LogP contribution is 2.30. The Hall–Kier alpha value is -3.47. The van der Waals surface area contributed by atoms with Gasteiger partial charge in [-0.1, -0.05) is 35.9 Å². The van der Waals surface area contributed by atoms with Gasteiger partial charge in [-0.2, -0.15) is 0 Å². The molecule has 0 aliphatic heterocycles. The lowest BCUT2D eigenvalue weighted by atomic mass is 10.1. The van der Waals surface area contributed by atoms with Crippen molar-refractivity contribution in [2.24, 2.45) is 0 Å². The number of rotatable bonds is 7. The van der Waals surface area contributed by atoms with Gasteiger partial charge in [0.2, 0.25) is 5.91 Å². The molecule has 3 aromatic carbocycles. The van der Waals surface area contributed by atoms with Gasteiger partial charge in [0.1, 0.15) is 17.2 Å². The zero-order valence-corrected chi connectivity index (χ0v) is 16.2. The van der Waals surface area contributed by atoms with Gasteiger partial charge in [-0.3, -0.25) is 4.79 Å². The second kappa shape index (κ2) is 8.95. The van der Waals surface area contributed by atoms with Crippen LogP contribution in [0.2, 0.25) is 0 Å². The van der Waals surface area contributed by atoms with E-state index in [-0.39, 0.29) is 12.3 Å². The molecule has 0 saturated carbocycles. The van der Waals surface area contributed by atoms with E-state index in [9.17, 15) is 4.79 Å². The van der Waals surface area contributed by atoms with Crippen LogP contribution in [0.25, 0.3) is 0 Å². The van der Waals surface area contributed by atoms with Crippen LogP contribution in [0.4, 0.5) is 5.69 Å². The number of methoxy groups -OCH3 is 2. The summed E-state index contributed by atoms with van der Waals surface area (Å²) in [6.45, 7) is 2.02. The molecule has 0 saturated heterocycles. The fourth-order valence-corrected chi connectivity index (χ4v) is 2.76. The number of nitrogens with one attached hydrogen (secondary N) is 1. The summed E-state index contributed by atoms with van der Waals surface area (Å²) in [5.41, 5.74) is 2.54. The van der Waals surface area contributed by atoms with Gasteiger partial charge in [-0.15, -0.1) is 0 Å². The Kier molecular flexibility index (Phi) is 6.17. The first-order chi connectivity index (χ1) is 13.6. The smallest absolute Gasteiger partial charge is 0.229 e. The van der Waals surface area contributed by atoms with E-state index in [4.69, 9.17) is 14.2 Å². The van der Waals surface area contributed by atoms with Crippen molar-refractivity contribution in [1.82, 2.24) is 0 Å². The monoisotopic (exact) mass is 377 g/mol. The lowest BCUT2D eigenvalue weighted by Crippen LogP contribution is -2.15. The predicted molar refractivity (Wildman–Crippen MR) is 110 cm³/mol. The number of hydrogen-bond acceptors (Lipinski definition) is 4. The number of amides is 1. The van der Waals surface area contributed by atoms with Gasteiger partial charge in [0.25, 0.3) is 0 Å². The van der Waals surface area contributed by atoms with Gasteiger partial charge in [0.15, 0.2) is 5.75 Å². The van der Waals surface area contributed by atoms with Crippen LogP contribution in [0.3, 0.4) is 0 Å². The van der Waals surface area contributed by atoms with Crippen molar-refractivity contribution in [2.75, 3.05) is 19.5 Å². The Bertz CT molecular complexity index is 951. The molecule has 0 heterocycles. The van der Waals surface area contributed by atoms with E-state index in [0.29, 0.717) is 28.7 Å². The average Bonchev–Trinajstić information content (AvgIpc) is 2.71. The summed E-state index contributed by atoms with van der Waals surface area (Å²) < 4.78 is 16.5. The van der Waals surface area contributed by atoms with Crippen molar-refractivity contribution >= 4 is 11.6 Å². The Balaban J connectivity index is 1.73. The number of aryl methyl sites for hydroxylation is 1. The maximum Gasteiger partial charge on any atom is 0.229 e. The number of anilines is 1. The lowest BCUT2D eigenvalue weighted by Gasteiger charge is -2.13. The molecule has 0 aromatic heterocycles. The molecule has 1 N–H and O–H groups in total. The highest BCUT2D eigenvalue weighted by atomic mass is 16.5. The van der Waals surface area contributed by atoms with Crippen LogP contribution in [0, 0.1) is 6.92 Å². The van der Waals surface area contributed by atoms with E-state index in [1.54, 1.807) is 26.4 Å². The summed E-state index contributed by atoms with van der Waals surface area (Å²) in [5.74, 6) is 2.42. The molecule has 3 aromatic rings. The van der Waals surface area contributed by atoms with E-state index in [1.165, 1.54) is 0 Å². The van der Waals surface area contributed by atoms with Crippen molar-refractivity contribution in [3.8, 4) is 23.0 Å². The second-order valence-corrected chi connectivity index (χ2v) is 6.31. The normalized spacial score (nSPS) is 10.2. The van der Waals surface area contributed by atoms with Gasteiger partial charge in [0.05, 0.1) is 26.3 Å². The molecule has 0 spiro atoms. The van der Waals surface area contributed by atoms with Crippen molar-refractivity contribution in [2.45, 2.75) is 13.3 Å². The van der Waals surface area contributed by atoms with E-state index in [0.717, 1.165) is 11.1 Å².